The molecular weight excluding hydrogens is 342 g/mol. The van der Waals surface area contributed by atoms with Gasteiger partial charge in [-0.25, -0.2) is 15.0 Å². The minimum absolute atomic E-state index is 0.172. The predicted molar refractivity (Wildman–Crippen MR) is 103 cm³/mol. The van der Waals surface area contributed by atoms with E-state index < -0.39 is 0 Å². The largest absolute Gasteiger partial charge is 0.467 e. The first-order chi connectivity index (χ1) is 13.3. The zero-order valence-electron chi connectivity index (χ0n) is 14.4. The fourth-order valence-corrected chi connectivity index (χ4v) is 3.32. The fourth-order valence-electron chi connectivity index (χ4n) is 3.32. The fraction of sp³-hybridized carbons (Fsp3) is 0.100. The third kappa shape index (κ3) is 2.36. The van der Waals surface area contributed by atoms with Crippen LogP contribution in [0.1, 0.15) is 5.76 Å². The van der Waals surface area contributed by atoms with E-state index in [4.69, 9.17) is 14.4 Å². The van der Waals surface area contributed by atoms with Gasteiger partial charge in [0.15, 0.2) is 11.3 Å². The highest BCUT2D eigenvalue weighted by molar-refractivity contribution is 6.04. The van der Waals surface area contributed by atoms with Gasteiger partial charge in [0, 0.05) is 6.54 Å². The van der Waals surface area contributed by atoms with Gasteiger partial charge in [-0.2, -0.15) is 0 Å². The molecule has 5 aromatic rings. The number of rotatable bonds is 4. The van der Waals surface area contributed by atoms with E-state index in [0.29, 0.717) is 41.0 Å². The van der Waals surface area contributed by atoms with E-state index in [9.17, 15) is 4.79 Å². The molecule has 0 unspecified atom stereocenters. The molecule has 5 rings (SSSR count). The normalized spacial score (nSPS) is 11.6. The van der Waals surface area contributed by atoms with Gasteiger partial charge in [0.2, 0.25) is 0 Å². The molecule has 0 saturated heterocycles. The van der Waals surface area contributed by atoms with Crippen LogP contribution in [0.25, 0.3) is 33.2 Å². The first-order valence-corrected chi connectivity index (χ1v) is 8.53. The Labute approximate surface area is 153 Å². The minimum Gasteiger partial charge on any atom is -0.467 e. The summed E-state index contributed by atoms with van der Waals surface area (Å²) >= 11 is 0. The molecule has 7 heteroatoms. The summed E-state index contributed by atoms with van der Waals surface area (Å²) in [6.45, 7) is 4.61. The molecular formula is C20H15N5O2. The maximum atomic E-state index is 13.2. The van der Waals surface area contributed by atoms with Crippen LogP contribution in [0.4, 0.5) is 0 Å². The lowest BCUT2D eigenvalue weighted by atomic mass is 10.3. The van der Waals surface area contributed by atoms with Crippen LogP contribution < -0.4 is 5.56 Å². The summed E-state index contributed by atoms with van der Waals surface area (Å²) in [6.07, 6.45) is 4.87. The lowest BCUT2D eigenvalue weighted by Crippen LogP contribution is -2.21. The van der Waals surface area contributed by atoms with E-state index >= 15 is 0 Å². The van der Waals surface area contributed by atoms with Crippen molar-refractivity contribution in [3.05, 3.63) is 77.8 Å². The van der Waals surface area contributed by atoms with Crippen molar-refractivity contribution in [3.63, 3.8) is 0 Å². The molecule has 0 fully saturated rings. The van der Waals surface area contributed by atoms with Crippen molar-refractivity contribution in [1.29, 1.82) is 0 Å². The summed E-state index contributed by atoms with van der Waals surface area (Å²) in [5.41, 5.74) is 3.08. The van der Waals surface area contributed by atoms with Crippen molar-refractivity contribution in [2.75, 3.05) is 0 Å². The van der Waals surface area contributed by atoms with Gasteiger partial charge >= 0.3 is 0 Å². The van der Waals surface area contributed by atoms with Crippen LogP contribution >= 0.6 is 0 Å². The number of hydrogen-bond donors (Lipinski definition) is 0. The molecule has 4 aromatic heterocycles. The van der Waals surface area contributed by atoms with Gasteiger partial charge in [-0.1, -0.05) is 18.2 Å². The topological polar surface area (TPSA) is 78.7 Å². The maximum Gasteiger partial charge on any atom is 0.265 e. The number of allylic oxidation sites excluding steroid dienone is 1. The van der Waals surface area contributed by atoms with Crippen molar-refractivity contribution in [3.8, 4) is 0 Å². The summed E-state index contributed by atoms with van der Waals surface area (Å²) < 4.78 is 8.75. The molecule has 0 N–H and O–H groups in total. The lowest BCUT2D eigenvalue weighted by molar-refractivity contribution is 0.489. The Morgan fingerprint density at radius 2 is 1.89 bits per heavy atom. The average Bonchev–Trinajstić information content (AvgIpc) is 3.30. The smallest absolute Gasteiger partial charge is 0.265 e. The summed E-state index contributed by atoms with van der Waals surface area (Å²) in [5.74, 6) is 0.685. The Morgan fingerprint density at radius 3 is 2.63 bits per heavy atom. The third-order valence-electron chi connectivity index (χ3n) is 4.54. The summed E-state index contributed by atoms with van der Waals surface area (Å²) in [4.78, 5) is 27.2. The Hall–Kier alpha value is -3.74. The van der Waals surface area contributed by atoms with Gasteiger partial charge in [-0.05, 0) is 24.3 Å². The molecule has 4 heterocycles. The monoisotopic (exact) mass is 357 g/mol. The summed E-state index contributed by atoms with van der Waals surface area (Å²) in [6, 6.07) is 11.2. The highest BCUT2D eigenvalue weighted by Gasteiger charge is 2.19. The molecule has 0 bridgehead atoms. The number of benzene rings is 1. The van der Waals surface area contributed by atoms with E-state index in [-0.39, 0.29) is 5.56 Å². The Kier molecular flexibility index (Phi) is 3.39. The molecule has 7 nitrogen and oxygen atoms in total. The molecule has 0 aliphatic heterocycles. The minimum atomic E-state index is -0.172. The van der Waals surface area contributed by atoms with Gasteiger partial charge in [0.05, 0.1) is 23.8 Å². The van der Waals surface area contributed by atoms with E-state index in [2.05, 4.69) is 11.6 Å². The molecule has 0 spiro atoms. The first-order valence-electron chi connectivity index (χ1n) is 8.53. The molecule has 132 valence electrons. The highest BCUT2D eigenvalue weighted by atomic mass is 16.3. The van der Waals surface area contributed by atoms with Crippen molar-refractivity contribution in [2.45, 2.75) is 13.1 Å². The first kappa shape index (κ1) is 15.5. The number of furan rings is 1. The standard InChI is InChI=1S/C20H15N5O2/c1-2-9-25-18-16(17-19(25)23-15-8-4-3-7-14(15)22-17)20(26)24(12-21-18)11-13-6-5-10-27-13/h2-8,10,12H,1,9,11H2. The molecule has 0 amide bonds. The number of aromatic nitrogens is 5. The van der Waals surface area contributed by atoms with Gasteiger partial charge in [0.1, 0.15) is 23.0 Å². The average molecular weight is 357 g/mol. The van der Waals surface area contributed by atoms with Crippen LogP contribution in [0.3, 0.4) is 0 Å². The third-order valence-corrected chi connectivity index (χ3v) is 4.54. The molecule has 1 aromatic carbocycles. The van der Waals surface area contributed by atoms with Gasteiger partial charge in [-0.15, -0.1) is 6.58 Å². The van der Waals surface area contributed by atoms with Gasteiger partial charge < -0.3 is 8.98 Å². The Balaban J connectivity index is 1.86. The second-order valence-corrected chi connectivity index (χ2v) is 6.24. The molecule has 0 radical (unpaired) electrons. The van der Waals surface area contributed by atoms with Crippen molar-refractivity contribution >= 4 is 33.2 Å². The number of fused-ring (bicyclic) bond motifs is 4. The molecule has 0 saturated carbocycles. The zero-order chi connectivity index (χ0) is 18.4. The molecule has 27 heavy (non-hydrogen) atoms. The quantitative estimate of drug-likeness (QED) is 0.462. The SMILES string of the molecule is C=CCn1c2nc3ccccc3nc2c2c(=O)n(Cc3ccco3)cnc21. The Morgan fingerprint density at radius 1 is 1.07 bits per heavy atom. The van der Waals surface area contributed by atoms with Crippen LogP contribution in [0.15, 0.2) is 70.9 Å². The van der Waals surface area contributed by atoms with Crippen LogP contribution in [-0.2, 0) is 13.1 Å². The maximum absolute atomic E-state index is 13.2. The predicted octanol–water partition coefficient (Wildman–Crippen LogP) is 3.12. The second-order valence-electron chi connectivity index (χ2n) is 6.24. The zero-order valence-corrected chi connectivity index (χ0v) is 14.4. The van der Waals surface area contributed by atoms with E-state index in [1.54, 1.807) is 18.4 Å². The number of nitrogens with zero attached hydrogens (tertiary/aromatic N) is 5. The molecule has 0 aliphatic rings. The number of para-hydroxylation sites is 2. The summed E-state index contributed by atoms with van der Waals surface area (Å²) in [5, 5.41) is 0.458. The van der Waals surface area contributed by atoms with E-state index in [1.807, 2.05) is 34.9 Å². The van der Waals surface area contributed by atoms with E-state index in [1.165, 1.54) is 10.9 Å². The van der Waals surface area contributed by atoms with E-state index in [0.717, 1.165) is 11.0 Å². The lowest BCUT2D eigenvalue weighted by Gasteiger charge is -2.04. The van der Waals surface area contributed by atoms with Crippen molar-refractivity contribution < 1.29 is 4.42 Å². The van der Waals surface area contributed by atoms with Gasteiger partial charge in [0.25, 0.3) is 5.56 Å². The second kappa shape index (κ2) is 5.91. The van der Waals surface area contributed by atoms with Gasteiger partial charge in [-0.3, -0.25) is 9.36 Å². The molecule has 0 atom stereocenters. The molecule has 0 aliphatic carbocycles. The van der Waals surface area contributed by atoms with Crippen LogP contribution in [0, 0.1) is 0 Å². The van der Waals surface area contributed by atoms with Crippen LogP contribution in [0.2, 0.25) is 0 Å². The number of hydrogen-bond acceptors (Lipinski definition) is 5. The van der Waals surface area contributed by atoms with Crippen molar-refractivity contribution in [2.24, 2.45) is 0 Å². The highest BCUT2D eigenvalue weighted by Crippen LogP contribution is 2.25. The summed E-state index contributed by atoms with van der Waals surface area (Å²) in [7, 11) is 0. The van der Waals surface area contributed by atoms with Crippen LogP contribution in [-0.4, -0.2) is 24.1 Å². The van der Waals surface area contributed by atoms with Crippen LogP contribution in [0.5, 0.6) is 0 Å². The van der Waals surface area contributed by atoms with Crippen molar-refractivity contribution in [1.82, 2.24) is 24.1 Å². The Bertz CT molecular complexity index is 1360.